The zero-order chi connectivity index (χ0) is 18.7. The van der Waals surface area contributed by atoms with Gasteiger partial charge in [0.25, 0.3) is 0 Å². The smallest absolute Gasteiger partial charge is 0.243 e. The summed E-state index contributed by atoms with van der Waals surface area (Å²) in [5.74, 6) is 1.92. The summed E-state index contributed by atoms with van der Waals surface area (Å²) in [4.78, 5) is 4.61. The molecular formula is C19H31IN4O2S. The summed E-state index contributed by atoms with van der Waals surface area (Å²) in [7, 11) is -1.62. The maximum atomic E-state index is 12.8. The first-order chi connectivity index (χ1) is 12.4. The van der Waals surface area contributed by atoms with Crippen LogP contribution in [0.1, 0.15) is 38.7 Å². The molecule has 2 N–H and O–H groups in total. The lowest BCUT2D eigenvalue weighted by molar-refractivity contribution is 0.281. The van der Waals surface area contributed by atoms with Crippen LogP contribution in [0.3, 0.4) is 0 Å². The van der Waals surface area contributed by atoms with Crippen molar-refractivity contribution in [1.82, 2.24) is 14.9 Å². The monoisotopic (exact) mass is 506 g/mol. The van der Waals surface area contributed by atoms with Gasteiger partial charge in [-0.1, -0.05) is 26.0 Å². The van der Waals surface area contributed by atoms with Gasteiger partial charge in [-0.25, -0.2) is 8.42 Å². The van der Waals surface area contributed by atoms with E-state index in [2.05, 4.69) is 29.5 Å². The number of sulfonamides is 1. The highest BCUT2D eigenvalue weighted by Gasteiger charge is 2.33. The van der Waals surface area contributed by atoms with Gasteiger partial charge >= 0.3 is 0 Å². The topological polar surface area (TPSA) is 73.8 Å². The van der Waals surface area contributed by atoms with E-state index in [1.807, 2.05) is 12.1 Å². The Balaban J connectivity index is 0.00000261. The predicted octanol–water partition coefficient (Wildman–Crippen LogP) is 2.80. The second-order valence-electron chi connectivity index (χ2n) is 7.64. The van der Waals surface area contributed by atoms with E-state index in [-0.39, 0.29) is 24.0 Å². The fourth-order valence-electron chi connectivity index (χ4n) is 3.37. The highest BCUT2D eigenvalue weighted by Crippen LogP contribution is 2.28. The van der Waals surface area contributed by atoms with Gasteiger partial charge in [0.2, 0.25) is 10.0 Å². The van der Waals surface area contributed by atoms with E-state index in [9.17, 15) is 8.42 Å². The average Bonchev–Trinajstić information content (AvgIpc) is 3.33. The third-order valence-corrected chi connectivity index (χ3v) is 7.18. The number of benzene rings is 1. The van der Waals surface area contributed by atoms with Gasteiger partial charge in [-0.05, 0) is 48.8 Å². The Kier molecular flexibility index (Phi) is 7.94. The average molecular weight is 506 g/mol. The summed E-state index contributed by atoms with van der Waals surface area (Å²) in [6.45, 7) is 6.18. The molecule has 1 aliphatic carbocycles. The minimum absolute atomic E-state index is 0. The van der Waals surface area contributed by atoms with Crippen LogP contribution in [-0.2, 0) is 16.6 Å². The highest BCUT2D eigenvalue weighted by atomic mass is 127. The van der Waals surface area contributed by atoms with Crippen molar-refractivity contribution < 1.29 is 8.42 Å². The normalized spacial score (nSPS) is 26.2. The molecule has 0 bridgehead atoms. The van der Waals surface area contributed by atoms with Crippen LogP contribution in [0.4, 0.5) is 0 Å². The van der Waals surface area contributed by atoms with Crippen LogP contribution in [0.25, 0.3) is 0 Å². The van der Waals surface area contributed by atoms with Gasteiger partial charge < -0.3 is 10.6 Å². The lowest BCUT2D eigenvalue weighted by Gasteiger charge is -2.30. The van der Waals surface area contributed by atoms with Crippen LogP contribution in [0.2, 0.25) is 0 Å². The molecule has 3 rings (SSSR count). The third-order valence-electron chi connectivity index (χ3n) is 5.30. The summed E-state index contributed by atoms with van der Waals surface area (Å²) in [5.41, 5.74) is 1.03. The van der Waals surface area contributed by atoms with E-state index >= 15 is 0 Å². The lowest BCUT2D eigenvalue weighted by atomic mass is 10.0. The van der Waals surface area contributed by atoms with Crippen molar-refractivity contribution in [3.8, 4) is 0 Å². The zero-order valence-corrected chi connectivity index (χ0v) is 19.5. The van der Waals surface area contributed by atoms with Crippen molar-refractivity contribution in [3.05, 3.63) is 29.8 Å². The minimum Gasteiger partial charge on any atom is -0.353 e. The Labute approximate surface area is 180 Å². The van der Waals surface area contributed by atoms with Crippen LogP contribution in [0.5, 0.6) is 0 Å². The Morgan fingerprint density at radius 3 is 2.48 bits per heavy atom. The number of halogens is 1. The lowest BCUT2D eigenvalue weighted by Crippen LogP contribution is -2.39. The van der Waals surface area contributed by atoms with E-state index in [1.165, 1.54) is 6.42 Å². The summed E-state index contributed by atoms with van der Waals surface area (Å²) >= 11 is 0. The summed E-state index contributed by atoms with van der Waals surface area (Å²) < 4.78 is 27.2. The van der Waals surface area contributed by atoms with Gasteiger partial charge in [0.05, 0.1) is 4.90 Å². The third kappa shape index (κ3) is 5.80. The van der Waals surface area contributed by atoms with E-state index in [0.29, 0.717) is 42.4 Å². The van der Waals surface area contributed by atoms with Crippen molar-refractivity contribution in [1.29, 1.82) is 0 Å². The molecule has 27 heavy (non-hydrogen) atoms. The number of aliphatic imine (C=N–C) groups is 1. The number of nitrogens with zero attached hydrogens (tertiary/aromatic N) is 2. The van der Waals surface area contributed by atoms with E-state index < -0.39 is 10.0 Å². The second-order valence-corrected chi connectivity index (χ2v) is 9.58. The fourth-order valence-corrected chi connectivity index (χ4v) is 4.97. The molecule has 0 spiro atoms. The van der Waals surface area contributed by atoms with Crippen molar-refractivity contribution in [2.45, 2.75) is 50.6 Å². The number of piperidine rings is 1. The molecule has 0 amide bonds. The van der Waals surface area contributed by atoms with Crippen molar-refractivity contribution in [2.24, 2.45) is 16.8 Å². The summed E-state index contributed by atoms with van der Waals surface area (Å²) in [6.07, 6.45) is 3.22. The van der Waals surface area contributed by atoms with Crippen molar-refractivity contribution in [3.63, 3.8) is 0 Å². The molecule has 2 aliphatic rings. The molecule has 1 aromatic carbocycles. The van der Waals surface area contributed by atoms with Gasteiger partial charge in [0.15, 0.2) is 5.96 Å². The predicted molar refractivity (Wildman–Crippen MR) is 120 cm³/mol. The molecule has 2 fully saturated rings. The van der Waals surface area contributed by atoms with E-state index in [4.69, 9.17) is 0 Å². The molecule has 1 saturated carbocycles. The van der Waals surface area contributed by atoms with Crippen LogP contribution < -0.4 is 10.6 Å². The van der Waals surface area contributed by atoms with Crippen LogP contribution in [0, 0.1) is 11.8 Å². The van der Waals surface area contributed by atoms with Gasteiger partial charge in [-0.2, -0.15) is 4.31 Å². The van der Waals surface area contributed by atoms with Crippen molar-refractivity contribution >= 4 is 40.0 Å². The number of nitrogens with one attached hydrogen (secondary N) is 2. The molecule has 3 atom stereocenters. The first-order valence-corrected chi connectivity index (χ1v) is 10.9. The van der Waals surface area contributed by atoms with Crippen LogP contribution in [-0.4, -0.2) is 44.9 Å². The van der Waals surface area contributed by atoms with E-state index in [1.54, 1.807) is 23.5 Å². The summed E-state index contributed by atoms with van der Waals surface area (Å²) in [6, 6.07) is 7.69. The SMILES string of the molecule is CN=C(NCc1ccc(S(=O)(=O)N2CCCC(C)C2)cc1)NC1CC1C.I. The molecule has 8 heteroatoms. The number of guanidine groups is 1. The molecule has 6 nitrogen and oxygen atoms in total. The number of hydrogen-bond acceptors (Lipinski definition) is 3. The van der Waals surface area contributed by atoms with Crippen LogP contribution >= 0.6 is 24.0 Å². The van der Waals surface area contributed by atoms with Gasteiger partial charge in [-0.3, -0.25) is 4.99 Å². The van der Waals surface area contributed by atoms with Crippen LogP contribution in [0.15, 0.2) is 34.2 Å². The van der Waals surface area contributed by atoms with Gasteiger partial charge in [0.1, 0.15) is 0 Å². The molecule has 0 aromatic heterocycles. The number of rotatable bonds is 5. The quantitative estimate of drug-likeness (QED) is 0.366. The van der Waals surface area contributed by atoms with E-state index in [0.717, 1.165) is 24.4 Å². The molecule has 1 aliphatic heterocycles. The Hall–Kier alpha value is -0.870. The molecule has 152 valence electrons. The molecule has 1 heterocycles. The number of hydrogen-bond donors (Lipinski definition) is 2. The molecule has 1 saturated heterocycles. The Bertz CT molecular complexity index is 751. The van der Waals surface area contributed by atoms with Crippen molar-refractivity contribution in [2.75, 3.05) is 20.1 Å². The molecular weight excluding hydrogens is 475 g/mol. The Morgan fingerprint density at radius 1 is 1.26 bits per heavy atom. The molecule has 3 unspecified atom stereocenters. The zero-order valence-electron chi connectivity index (χ0n) is 16.3. The maximum Gasteiger partial charge on any atom is 0.243 e. The fraction of sp³-hybridized carbons (Fsp3) is 0.632. The molecule has 0 radical (unpaired) electrons. The largest absolute Gasteiger partial charge is 0.353 e. The standard InChI is InChI=1S/C19H30N4O2S.HI/c1-14-5-4-10-23(13-14)26(24,25)17-8-6-16(7-9-17)12-21-19(20-3)22-18-11-15(18)2;/h6-9,14-15,18H,4-5,10-13H2,1-3H3,(H2,20,21,22);1H. The maximum absolute atomic E-state index is 12.8. The molecule has 1 aromatic rings. The first-order valence-electron chi connectivity index (χ1n) is 9.46. The summed E-state index contributed by atoms with van der Waals surface area (Å²) in [5, 5.41) is 6.66. The van der Waals surface area contributed by atoms with Gasteiger partial charge in [0, 0.05) is 32.7 Å². The highest BCUT2D eigenvalue weighted by molar-refractivity contribution is 14.0. The minimum atomic E-state index is -3.38. The second kappa shape index (κ2) is 9.56. The first kappa shape index (κ1) is 22.4. The van der Waals surface area contributed by atoms with Gasteiger partial charge in [-0.15, -0.1) is 24.0 Å². The Morgan fingerprint density at radius 2 is 1.93 bits per heavy atom.